The van der Waals surface area contributed by atoms with E-state index in [1.807, 2.05) is 0 Å². The highest BCUT2D eigenvalue weighted by Crippen LogP contribution is 2.66. The van der Waals surface area contributed by atoms with Crippen LogP contribution in [0.4, 0.5) is 0 Å². The molecule has 0 saturated heterocycles. The number of carbonyl (C=O) groups is 1. The molecule has 1 aromatic rings. The van der Waals surface area contributed by atoms with Crippen molar-refractivity contribution in [3.8, 4) is 5.75 Å². The lowest BCUT2D eigenvalue weighted by Crippen LogP contribution is -2.61. The second-order valence-corrected chi connectivity index (χ2v) is 10.8. The molecule has 7 heteroatoms. The number of ether oxygens (including phenoxy) is 1. The molecule has 5 rings (SSSR count). The summed E-state index contributed by atoms with van der Waals surface area (Å²) in [6.07, 6.45) is 6.33. The van der Waals surface area contributed by atoms with E-state index in [0.29, 0.717) is 5.92 Å². The zero-order valence-corrected chi connectivity index (χ0v) is 17.8. The minimum Gasteiger partial charge on any atom is -0.426 e. The van der Waals surface area contributed by atoms with Crippen LogP contribution < -0.4 is 4.74 Å². The number of aliphatic hydroxyl groups is 1. The molecule has 0 aliphatic heterocycles. The van der Waals surface area contributed by atoms with E-state index in [4.69, 9.17) is 9.29 Å². The number of hydrogen-bond acceptors (Lipinski definition) is 5. The molecule has 2 unspecified atom stereocenters. The van der Waals surface area contributed by atoms with Gasteiger partial charge in [0.1, 0.15) is 5.75 Å². The molecule has 4 aliphatic carbocycles. The summed E-state index contributed by atoms with van der Waals surface area (Å²) in [6.45, 7) is 4.12. The Kier molecular flexibility index (Phi) is 5.07. The van der Waals surface area contributed by atoms with Crippen LogP contribution in [0.2, 0.25) is 0 Å². The maximum Gasteiger partial charge on any atom is 0.314 e. The lowest BCUT2D eigenvalue weighted by Gasteiger charge is -2.64. The highest BCUT2D eigenvalue weighted by Gasteiger charge is 2.63. The Hall–Kier alpha value is -1.44. The first-order chi connectivity index (χ1) is 13.6. The van der Waals surface area contributed by atoms with E-state index in [9.17, 15) is 18.3 Å². The van der Waals surface area contributed by atoms with Crippen LogP contribution >= 0.6 is 0 Å². The average molecular weight is 423 g/mol. The summed E-state index contributed by atoms with van der Waals surface area (Å²) in [6, 6.07) is 5.25. The van der Waals surface area contributed by atoms with Crippen molar-refractivity contribution in [3.05, 3.63) is 24.3 Å². The van der Waals surface area contributed by atoms with Crippen LogP contribution in [-0.2, 0) is 14.9 Å². The van der Waals surface area contributed by atoms with Crippen LogP contribution in [-0.4, -0.2) is 29.6 Å². The fourth-order valence-corrected chi connectivity index (χ4v) is 7.32. The van der Waals surface area contributed by atoms with Crippen molar-refractivity contribution < 1.29 is 27.6 Å². The predicted molar refractivity (Wildman–Crippen MR) is 107 cm³/mol. The van der Waals surface area contributed by atoms with Crippen molar-refractivity contribution in [1.29, 1.82) is 0 Å². The molecule has 2 N–H and O–H groups in total. The number of carbonyl (C=O) groups excluding carboxylic acids is 1. The molecule has 0 aromatic heterocycles. The maximum absolute atomic E-state index is 13.0. The van der Waals surface area contributed by atoms with E-state index in [1.54, 1.807) is 0 Å². The van der Waals surface area contributed by atoms with Gasteiger partial charge in [-0.15, -0.1) is 0 Å². The van der Waals surface area contributed by atoms with E-state index in [1.165, 1.54) is 24.3 Å². The average Bonchev–Trinajstić information content (AvgIpc) is 2.66. The van der Waals surface area contributed by atoms with Crippen LogP contribution in [0, 0.1) is 29.1 Å². The summed E-state index contributed by atoms with van der Waals surface area (Å²) in [5, 5.41) is 11.4. The summed E-state index contributed by atoms with van der Waals surface area (Å²) >= 11 is 0. The van der Waals surface area contributed by atoms with Gasteiger partial charge in [0, 0.05) is 0 Å². The summed E-state index contributed by atoms with van der Waals surface area (Å²) in [7, 11) is -4.27. The lowest BCUT2D eigenvalue weighted by atomic mass is 9.42. The monoisotopic (exact) mass is 422 g/mol. The van der Waals surface area contributed by atoms with Crippen molar-refractivity contribution in [1.82, 2.24) is 0 Å². The van der Waals surface area contributed by atoms with Crippen LogP contribution in [0.25, 0.3) is 0 Å². The van der Waals surface area contributed by atoms with Crippen LogP contribution in [0.1, 0.15) is 58.8 Å². The molecule has 29 heavy (non-hydrogen) atoms. The summed E-state index contributed by atoms with van der Waals surface area (Å²) in [5.74, 6) is 0.898. The van der Waals surface area contributed by atoms with Gasteiger partial charge in [0.15, 0.2) is 0 Å². The van der Waals surface area contributed by atoms with Crippen LogP contribution in [0.5, 0.6) is 5.75 Å². The van der Waals surface area contributed by atoms with E-state index < -0.39 is 15.7 Å². The molecule has 6 nitrogen and oxygen atoms in total. The topological polar surface area (TPSA) is 101 Å². The Labute approximate surface area is 172 Å². The van der Waals surface area contributed by atoms with Crippen molar-refractivity contribution >= 4 is 16.1 Å². The van der Waals surface area contributed by atoms with Crippen molar-refractivity contribution in [3.63, 3.8) is 0 Å². The van der Waals surface area contributed by atoms with Crippen molar-refractivity contribution in [2.24, 2.45) is 29.1 Å². The van der Waals surface area contributed by atoms with Crippen molar-refractivity contribution in [2.75, 3.05) is 0 Å². The molecular formula is C22H30O6S. The first-order valence-corrected chi connectivity index (χ1v) is 12.1. The number of hydrogen-bond donors (Lipinski definition) is 2. The first kappa shape index (κ1) is 20.8. The van der Waals surface area contributed by atoms with Gasteiger partial charge < -0.3 is 9.84 Å². The normalized spacial score (nSPS) is 33.7. The molecule has 4 saturated carbocycles. The molecule has 4 fully saturated rings. The standard InChI is InChI=1S/C22H30O6S/c1-3-22(24,4-2)21-11-14-9-15(12-21)19(16(10-14)13-21)20(23)28-17-5-7-18(8-6-17)29(25,26)27/h5-8,14-16,19,24H,3-4,9-13H2,1-2H3,(H,25,26,27). The SMILES string of the molecule is CCC(O)(CC)C12CC3CC(C1)C(C(=O)Oc1ccc(S(=O)(=O)O)cc1)C(C3)C2. The summed E-state index contributed by atoms with van der Waals surface area (Å²) in [4.78, 5) is 12.8. The highest BCUT2D eigenvalue weighted by atomic mass is 32.2. The molecule has 0 heterocycles. The van der Waals surface area contributed by atoms with Gasteiger partial charge in [-0.2, -0.15) is 8.42 Å². The molecule has 2 atom stereocenters. The van der Waals surface area contributed by atoms with E-state index >= 15 is 0 Å². The van der Waals surface area contributed by atoms with E-state index in [2.05, 4.69) is 13.8 Å². The Morgan fingerprint density at radius 2 is 1.66 bits per heavy atom. The van der Waals surface area contributed by atoms with Gasteiger partial charge in [-0.1, -0.05) is 13.8 Å². The predicted octanol–water partition coefficient (Wildman–Crippen LogP) is 3.83. The third kappa shape index (κ3) is 3.41. The van der Waals surface area contributed by atoms with E-state index in [-0.39, 0.29) is 39.8 Å². The third-order valence-electron chi connectivity index (χ3n) is 8.04. The van der Waals surface area contributed by atoms with E-state index in [0.717, 1.165) is 44.9 Å². The molecule has 4 aliphatic rings. The molecule has 0 amide bonds. The maximum atomic E-state index is 13.0. The highest BCUT2D eigenvalue weighted by molar-refractivity contribution is 7.85. The zero-order valence-electron chi connectivity index (χ0n) is 17.0. The largest absolute Gasteiger partial charge is 0.426 e. The molecule has 4 bridgehead atoms. The van der Waals surface area contributed by atoms with Gasteiger partial charge in [-0.05, 0) is 92.4 Å². The summed E-state index contributed by atoms with van der Waals surface area (Å²) in [5.41, 5.74) is -0.746. The van der Waals surface area contributed by atoms with Gasteiger partial charge in [0.25, 0.3) is 10.1 Å². The van der Waals surface area contributed by atoms with Gasteiger partial charge in [-0.25, -0.2) is 0 Å². The molecule has 0 spiro atoms. The summed E-state index contributed by atoms with van der Waals surface area (Å²) < 4.78 is 37.0. The lowest BCUT2D eigenvalue weighted by molar-refractivity contribution is -0.205. The Morgan fingerprint density at radius 1 is 1.10 bits per heavy atom. The fraction of sp³-hybridized carbons (Fsp3) is 0.682. The Balaban J connectivity index is 1.52. The minimum absolute atomic E-state index is 0.0824. The molecular weight excluding hydrogens is 392 g/mol. The zero-order chi connectivity index (χ0) is 21.0. The molecule has 1 aromatic carbocycles. The molecule has 0 radical (unpaired) electrons. The van der Waals surface area contributed by atoms with Crippen LogP contribution in [0.15, 0.2) is 29.2 Å². The van der Waals surface area contributed by atoms with Gasteiger partial charge >= 0.3 is 5.97 Å². The first-order valence-electron chi connectivity index (χ1n) is 10.6. The quantitative estimate of drug-likeness (QED) is 0.410. The minimum atomic E-state index is -4.27. The van der Waals surface area contributed by atoms with Crippen LogP contribution in [0.3, 0.4) is 0 Å². The van der Waals surface area contributed by atoms with Gasteiger partial charge in [0.05, 0.1) is 16.4 Å². The number of rotatable bonds is 6. The third-order valence-corrected chi connectivity index (χ3v) is 8.91. The Morgan fingerprint density at radius 3 is 2.14 bits per heavy atom. The Bertz CT molecular complexity index is 870. The number of esters is 1. The van der Waals surface area contributed by atoms with Crippen molar-refractivity contribution in [2.45, 2.75) is 69.3 Å². The second-order valence-electron chi connectivity index (χ2n) is 9.38. The molecule has 160 valence electrons. The smallest absolute Gasteiger partial charge is 0.314 e. The van der Waals surface area contributed by atoms with Gasteiger partial charge in [-0.3, -0.25) is 9.35 Å². The second kappa shape index (κ2) is 7.06. The number of benzene rings is 1. The fourth-order valence-electron chi connectivity index (χ4n) is 6.84. The van der Waals surface area contributed by atoms with Gasteiger partial charge in [0.2, 0.25) is 0 Å².